The second-order valence-electron chi connectivity index (χ2n) is 5.37. The van der Waals surface area contributed by atoms with E-state index in [2.05, 4.69) is 14.8 Å². The van der Waals surface area contributed by atoms with E-state index < -0.39 is 10.0 Å². The molecule has 0 aliphatic heterocycles. The molecule has 0 fully saturated rings. The summed E-state index contributed by atoms with van der Waals surface area (Å²) in [5.74, 6) is 0.133. The summed E-state index contributed by atoms with van der Waals surface area (Å²) in [5.41, 5.74) is 0.429. The summed E-state index contributed by atoms with van der Waals surface area (Å²) >= 11 is 0. The van der Waals surface area contributed by atoms with Crippen LogP contribution in [0.25, 0.3) is 0 Å². The first-order valence-corrected chi connectivity index (χ1v) is 9.35. The Labute approximate surface area is 150 Å². The summed E-state index contributed by atoms with van der Waals surface area (Å²) in [7, 11) is -3.83. The molecule has 136 valence electrons. The monoisotopic (exact) mass is 376 g/mol. The van der Waals surface area contributed by atoms with Crippen molar-refractivity contribution >= 4 is 16.0 Å². The summed E-state index contributed by atoms with van der Waals surface area (Å²) in [6.45, 7) is 2.48. The maximum absolute atomic E-state index is 13.7. The molecule has 0 aliphatic rings. The maximum Gasteiger partial charge on any atom is 0.264 e. The fourth-order valence-electron chi connectivity index (χ4n) is 2.28. The van der Waals surface area contributed by atoms with Crippen molar-refractivity contribution in [1.29, 1.82) is 0 Å². The molecule has 1 aromatic heterocycles. The van der Waals surface area contributed by atoms with Crippen LogP contribution in [0.3, 0.4) is 0 Å². The predicted molar refractivity (Wildman–Crippen MR) is 93.9 cm³/mol. The van der Waals surface area contributed by atoms with E-state index in [-0.39, 0.29) is 23.2 Å². The Balaban J connectivity index is 1.72. The van der Waals surface area contributed by atoms with E-state index in [0.29, 0.717) is 17.9 Å². The molecule has 9 heteroatoms. The molecule has 3 rings (SSSR count). The highest BCUT2D eigenvalue weighted by Gasteiger charge is 2.17. The molecule has 0 bridgehead atoms. The van der Waals surface area contributed by atoms with E-state index in [1.165, 1.54) is 29.2 Å². The fraction of sp³-hybridized carbons (Fsp3) is 0.176. The van der Waals surface area contributed by atoms with E-state index in [1.54, 1.807) is 30.3 Å². The number of hydrogen-bond acceptors (Lipinski definition) is 5. The maximum atomic E-state index is 13.7. The molecule has 7 nitrogen and oxygen atoms in total. The van der Waals surface area contributed by atoms with Crippen molar-refractivity contribution in [3.63, 3.8) is 0 Å². The zero-order chi connectivity index (χ0) is 18.6. The average Bonchev–Trinajstić information content (AvgIpc) is 3.04. The highest BCUT2D eigenvalue weighted by Crippen LogP contribution is 2.18. The molecule has 0 aliphatic carbocycles. The van der Waals surface area contributed by atoms with Crippen molar-refractivity contribution in [2.45, 2.75) is 18.4 Å². The van der Waals surface area contributed by atoms with Crippen LogP contribution in [0, 0.1) is 5.82 Å². The molecule has 1 N–H and O–H groups in total. The Morgan fingerprint density at radius 3 is 2.58 bits per heavy atom. The van der Waals surface area contributed by atoms with Crippen molar-refractivity contribution in [1.82, 2.24) is 14.8 Å². The Morgan fingerprint density at radius 1 is 1.15 bits per heavy atom. The molecule has 2 aromatic carbocycles. The number of rotatable bonds is 7. The molecular weight excluding hydrogens is 359 g/mol. The van der Waals surface area contributed by atoms with E-state index in [4.69, 9.17) is 4.74 Å². The van der Waals surface area contributed by atoms with Crippen LogP contribution in [0.2, 0.25) is 0 Å². The minimum Gasteiger partial charge on any atom is -0.494 e. The summed E-state index contributed by atoms with van der Waals surface area (Å²) in [5, 5.41) is 4.03. The second-order valence-corrected chi connectivity index (χ2v) is 7.05. The molecular formula is C17H17FN4O3S. The number of nitrogens with zero attached hydrogens (tertiary/aromatic N) is 3. The van der Waals surface area contributed by atoms with Crippen LogP contribution in [0.15, 0.2) is 59.8 Å². The van der Waals surface area contributed by atoms with Gasteiger partial charge < -0.3 is 4.74 Å². The second kappa shape index (κ2) is 7.52. The minimum atomic E-state index is -3.83. The van der Waals surface area contributed by atoms with Gasteiger partial charge in [-0.05, 0) is 37.3 Å². The summed E-state index contributed by atoms with van der Waals surface area (Å²) < 4.78 is 47.4. The number of aromatic nitrogens is 3. The lowest BCUT2D eigenvalue weighted by molar-refractivity contribution is 0.340. The normalized spacial score (nSPS) is 11.3. The van der Waals surface area contributed by atoms with Crippen LogP contribution in [0.4, 0.5) is 10.3 Å². The van der Waals surface area contributed by atoms with Crippen LogP contribution in [0.5, 0.6) is 5.75 Å². The molecule has 0 saturated heterocycles. The van der Waals surface area contributed by atoms with Gasteiger partial charge in [0.2, 0.25) is 0 Å². The van der Waals surface area contributed by atoms with Crippen molar-refractivity contribution in [2.75, 3.05) is 11.3 Å². The third kappa shape index (κ3) is 4.17. The Kier molecular flexibility index (Phi) is 5.17. The lowest BCUT2D eigenvalue weighted by Crippen LogP contribution is -2.14. The van der Waals surface area contributed by atoms with Crippen molar-refractivity contribution < 1.29 is 17.5 Å². The smallest absolute Gasteiger partial charge is 0.264 e. The van der Waals surface area contributed by atoms with Crippen LogP contribution in [-0.2, 0) is 16.6 Å². The predicted octanol–water partition coefficient (Wildman–Crippen LogP) is 2.67. The summed E-state index contributed by atoms with van der Waals surface area (Å²) in [4.78, 5) is 3.98. The SMILES string of the molecule is CCOc1ccc(S(=O)(=O)Nc2ncn(Cc3ccccc3F)n2)cc1. The van der Waals surface area contributed by atoms with Gasteiger partial charge in [-0.1, -0.05) is 18.2 Å². The number of sulfonamides is 1. The zero-order valence-electron chi connectivity index (χ0n) is 14.0. The first kappa shape index (κ1) is 17.9. The molecule has 0 spiro atoms. The quantitative estimate of drug-likeness (QED) is 0.685. The van der Waals surface area contributed by atoms with Gasteiger partial charge >= 0.3 is 0 Å². The highest BCUT2D eigenvalue weighted by molar-refractivity contribution is 7.92. The topological polar surface area (TPSA) is 86.1 Å². The van der Waals surface area contributed by atoms with Crippen LogP contribution in [-0.4, -0.2) is 29.8 Å². The standard InChI is InChI=1S/C17H17FN4O3S/c1-2-25-14-7-9-15(10-8-14)26(23,24)21-17-19-12-22(20-17)11-13-5-3-4-6-16(13)18/h3-10,12H,2,11H2,1H3,(H,20,21). The lowest BCUT2D eigenvalue weighted by Gasteiger charge is -2.06. The van der Waals surface area contributed by atoms with Gasteiger partial charge in [-0.2, -0.15) is 4.98 Å². The number of hydrogen-bond donors (Lipinski definition) is 1. The Hall–Kier alpha value is -2.94. The van der Waals surface area contributed by atoms with E-state index in [0.717, 1.165) is 0 Å². The highest BCUT2D eigenvalue weighted by atomic mass is 32.2. The molecule has 0 atom stereocenters. The van der Waals surface area contributed by atoms with Crippen LogP contribution < -0.4 is 9.46 Å². The van der Waals surface area contributed by atoms with Crippen molar-refractivity contribution in [2.24, 2.45) is 0 Å². The number of anilines is 1. The van der Waals surface area contributed by atoms with Crippen molar-refractivity contribution in [3.05, 3.63) is 66.2 Å². The molecule has 0 saturated carbocycles. The summed E-state index contributed by atoms with van der Waals surface area (Å²) in [6.07, 6.45) is 1.34. The Morgan fingerprint density at radius 2 is 1.88 bits per heavy atom. The van der Waals surface area contributed by atoms with Gasteiger partial charge in [-0.25, -0.2) is 22.2 Å². The minimum absolute atomic E-state index is 0.0615. The largest absolute Gasteiger partial charge is 0.494 e. The fourth-order valence-corrected chi connectivity index (χ4v) is 3.23. The molecule has 3 aromatic rings. The van der Waals surface area contributed by atoms with Crippen LogP contribution >= 0.6 is 0 Å². The third-order valence-corrected chi connectivity index (χ3v) is 4.84. The van der Waals surface area contributed by atoms with Gasteiger partial charge in [0, 0.05) is 5.56 Å². The van der Waals surface area contributed by atoms with Crippen LogP contribution in [0.1, 0.15) is 12.5 Å². The van der Waals surface area contributed by atoms with Gasteiger partial charge in [-0.15, -0.1) is 5.10 Å². The van der Waals surface area contributed by atoms with Gasteiger partial charge in [0.1, 0.15) is 17.9 Å². The van der Waals surface area contributed by atoms with E-state index in [1.807, 2.05) is 6.92 Å². The van der Waals surface area contributed by atoms with Gasteiger partial charge in [-0.3, -0.25) is 0 Å². The number of ether oxygens (including phenoxy) is 1. The number of nitrogens with one attached hydrogen (secondary N) is 1. The number of benzene rings is 2. The first-order chi connectivity index (χ1) is 12.5. The van der Waals surface area contributed by atoms with Gasteiger partial charge in [0.25, 0.3) is 16.0 Å². The van der Waals surface area contributed by atoms with E-state index in [9.17, 15) is 12.8 Å². The third-order valence-electron chi connectivity index (χ3n) is 3.50. The molecule has 0 amide bonds. The van der Waals surface area contributed by atoms with Gasteiger partial charge in [0.15, 0.2) is 0 Å². The molecule has 1 heterocycles. The molecule has 26 heavy (non-hydrogen) atoms. The van der Waals surface area contributed by atoms with Crippen molar-refractivity contribution in [3.8, 4) is 5.75 Å². The zero-order valence-corrected chi connectivity index (χ0v) is 14.8. The molecule has 0 radical (unpaired) electrons. The Bertz CT molecular complexity index is 987. The summed E-state index contributed by atoms with van der Waals surface area (Å²) in [6, 6.07) is 12.3. The lowest BCUT2D eigenvalue weighted by atomic mass is 10.2. The first-order valence-electron chi connectivity index (χ1n) is 7.86. The number of halogens is 1. The van der Waals surface area contributed by atoms with E-state index >= 15 is 0 Å². The average molecular weight is 376 g/mol. The van der Waals surface area contributed by atoms with Gasteiger partial charge in [0.05, 0.1) is 18.0 Å². The molecule has 0 unspecified atom stereocenters.